The number of rotatable bonds is 3. The highest BCUT2D eigenvalue weighted by Gasteiger charge is 2.20. The zero-order valence-electron chi connectivity index (χ0n) is 10.7. The third kappa shape index (κ3) is 2.68. The molecular formula is C13H17ClN4O. The van der Waals surface area contributed by atoms with Gasteiger partial charge in [-0.15, -0.1) is 0 Å². The molecular weight excluding hydrogens is 264 g/mol. The van der Waals surface area contributed by atoms with Crippen LogP contribution in [0.4, 0.5) is 6.01 Å². The zero-order chi connectivity index (χ0) is 13.2. The van der Waals surface area contributed by atoms with Gasteiger partial charge in [0.05, 0.1) is 0 Å². The minimum atomic E-state index is 0.681. The molecule has 0 spiro atoms. The number of halogens is 1. The second-order valence-corrected chi connectivity index (χ2v) is 5.16. The molecule has 102 valence electrons. The number of hydrogen-bond acceptors (Lipinski definition) is 5. The average Bonchev–Trinajstić information content (AvgIpc) is 2.83. The van der Waals surface area contributed by atoms with Gasteiger partial charge in [0.25, 0.3) is 6.01 Å². The maximum atomic E-state index is 5.95. The molecule has 1 saturated heterocycles. The highest BCUT2D eigenvalue weighted by atomic mass is 35.5. The predicted octanol–water partition coefficient (Wildman–Crippen LogP) is 1.56. The number of oxazole rings is 1. The molecule has 0 aliphatic carbocycles. The lowest BCUT2D eigenvalue weighted by Crippen LogP contribution is -2.47. The van der Waals surface area contributed by atoms with Crippen LogP contribution in [-0.2, 0) is 0 Å². The van der Waals surface area contributed by atoms with Gasteiger partial charge in [-0.3, -0.25) is 4.90 Å². The number of nitrogens with zero attached hydrogens (tertiary/aromatic N) is 3. The van der Waals surface area contributed by atoms with E-state index in [4.69, 9.17) is 21.8 Å². The second kappa shape index (κ2) is 5.36. The van der Waals surface area contributed by atoms with Gasteiger partial charge in [0.2, 0.25) is 0 Å². The maximum absolute atomic E-state index is 5.95. The third-order valence-electron chi connectivity index (χ3n) is 3.43. The Balaban J connectivity index is 1.74. The van der Waals surface area contributed by atoms with Crippen LogP contribution in [0, 0.1) is 0 Å². The van der Waals surface area contributed by atoms with Crippen molar-refractivity contribution < 1.29 is 4.42 Å². The Bertz CT molecular complexity index is 563. The summed E-state index contributed by atoms with van der Waals surface area (Å²) in [6.07, 6.45) is 0. The van der Waals surface area contributed by atoms with Crippen LogP contribution in [0.1, 0.15) is 0 Å². The first kappa shape index (κ1) is 12.7. The van der Waals surface area contributed by atoms with Gasteiger partial charge in [-0.2, -0.15) is 4.98 Å². The normalized spacial score (nSPS) is 17.3. The molecule has 5 nitrogen and oxygen atoms in total. The molecule has 0 saturated carbocycles. The van der Waals surface area contributed by atoms with Crippen LogP contribution in [0.2, 0.25) is 5.02 Å². The molecule has 1 aromatic heterocycles. The van der Waals surface area contributed by atoms with Crippen molar-refractivity contribution in [2.24, 2.45) is 5.73 Å². The molecule has 0 radical (unpaired) electrons. The summed E-state index contributed by atoms with van der Waals surface area (Å²) >= 11 is 5.95. The molecule has 2 N–H and O–H groups in total. The molecule has 1 aliphatic rings. The number of hydrogen-bond donors (Lipinski definition) is 1. The van der Waals surface area contributed by atoms with E-state index in [0.29, 0.717) is 17.6 Å². The van der Waals surface area contributed by atoms with Gasteiger partial charge >= 0.3 is 0 Å². The molecule has 2 heterocycles. The Morgan fingerprint density at radius 2 is 2.05 bits per heavy atom. The molecule has 1 fully saturated rings. The maximum Gasteiger partial charge on any atom is 0.298 e. The Morgan fingerprint density at radius 3 is 2.79 bits per heavy atom. The molecule has 0 unspecified atom stereocenters. The van der Waals surface area contributed by atoms with E-state index in [0.717, 1.165) is 43.8 Å². The van der Waals surface area contributed by atoms with Crippen LogP contribution in [0.25, 0.3) is 11.1 Å². The van der Waals surface area contributed by atoms with Crippen molar-refractivity contribution in [3.05, 3.63) is 23.2 Å². The standard InChI is InChI=1S/C13H17ClN4O/c14-10-1-2-12-11(9-10)16-13(19-12)18-7-5-17(4-3-15)6-8-18/h1-2,9H,3-8,15H2. The lowest BCUT2D eigenvalue weighted by Gasteiger charge is -2.33. The Labute approximate surface area is 116 Å². The molecule has 0 bridgehead atoms. The fraction of sp³-hybridized carbons (Fsp3) is 0.462. The molecule has 1 aromatic carbocycles. The summed E-state index contributed by atoms with van der Waals surface area (Å²) in [5, 5.41) is 0.681. The van der Waals surface area contributed by atoms with Crippen LogP contribution >= 0.6 is 11.6 Å². The summed E-state index contributed by atoms with van der Waals surface area (Å²) in [7, 11) is 0. The number of benzene rings is 1. The lowest BCUT2D eigenvalue weighted by molar-refractivity contribution is 0.260. The van der Waals surface area contributed by atoms with Gasteiger partial charge in [-0.05, 0) is 18.2 Å². The molecule has 2 aromatic rings. The van der Waals surface area contributed by atoms with E-state index < -0.39 is 0 Å². The zero-order valence-corrected chi connectivity index (χ0v) is 11.4. The summed E-state index contributed by atoms with van der Waals surface area (Å²) in [5.41, 5.74) is 7.16. The van der Waals surface area contributed by atoms with Gasteiger partial charge in [0.1, 0.15) is 5.52 Å². The first-order valence-corrected chi connectivity index (χ1v) is 6.87. The molecule has 6 heteroatoms. The van der Waals surface area contributed by atoms with Crippen LogP contribution in [-0.4, -0.2) is 49.2 Å². The van der Waals surface area contributed by atoms with E-state index in [9.17, 15) is 0 Å². The number of nitrogens with two attached hydrogens (primary N) is 1. The largest absolute Gasteiger partial charge is 0.423 e. The predicted molar refractivity (Wildman–Crippen MR) is 76.7 cm³/mol. The molecule has 3 rings (SSSR count). The molecule has 19 heavy (non-hydrogen) atoms. The van der Waals surface area contributed by atoms with Crippen molar-refractivity contribution in [2.45, 2.75) is 0 Å². The third-order valence-corrected chi connectivity index (χ3v) is 3.66. The SMILES string of the molecule is NCCN1CCN(c2nc3cc(Cl)ccc3o2)CC1. The molecule has 0 atom stereocenters. The van der Waals surface area contributed by atoms with Crippen molar-refractivity contribution in [3.8, 4) is 0 Å². The van der Waals surface area contributed by atoms with E-state index in [1.807, 2.05) is 18.2 Å². The van der Waals surface area contributed by atoms with Crippen molar-refractivity contribution in [1.82, 2.24) is 9.88 Å². The number of fused-ring (bicyclic) bond motifs is 1. The van der Waals surface area contributed by atoms with E-state index in [1.165, 1.54) is 0 Å². The molecule has 0 amide bonds. The van der Waals surface area contributed by atoms with Gasteiger partial charge < -0.3 is 15.1 Å². The van der Waals surface area contributed by atoms with Crippen LogP contribution < -0.4 is 10.6 Å². The summed E-state index contributed by atoms with van der Waals surface area (Å²) in [6.45, 7) is 5.49. The lowest BCUT2D eigenvalue weighted by atomic mass is 10.3. The van der Waals surface area contributed by atoms with Gasteiger partial charge in [0.15, 0.2) is 5.58 Å². The minimum Gasteiger partial charge on any atom is -0.423 e. The highest BCUT2D eigenvalue weighted by Crippen LogP contribution is 2.25. The summed E-state index contributed by atoms with van der Waals surface area (Å²) in [4.78, 5) is 9.02. The van der Waals surface area contributed by atoms with Crippen molar-refractivity contribution >= 4 is 28.7 Å². The van der Waals surface area contributed by atoms with Crippen LogP contribution in [0.15, 0.2) is 22.6 Å². The first-order valence-electron chi connectivity index (χ1n) is 6.50. The van der Waals surface area contributed by atoms with E-state index in [2.05, 4.69) is 14.8 Å². The van der Waals surface area contributed by atoms with Gasteiger partial charge in [-0.25, -0.2) is 0 Å². The number of piperazine rings is 1. The quantitative estimate of drug-likeness (QED) is 0.925. The Hall–Kier alpha value is -1.30. The molecule has 1 aliphatic heterocycles. The van der Waals surface area contributed by atoms with E-state index >= 15 is 0 Å². The first-order chi connectivity index (χ1) is 9.26. The number of anilines is 1. The fourth-order valence-electron chi connectivity index (χ4n) is 2.37. The second-order valence-electron chi connectivity index (χ2n) is 4.73. The minimum absolute atomic E-state index is 0.681. The van der Waals surface area contributed by atoms with Crippen LogP contribution in [0.3, 0.4) is 0 Å². The van der Waals surface area contributed by atoms with Crippen molar-refractivity contribution in [2.75, 3.05) is 44.2 Å². The van der Waals surface area contributed by atoms with E-state index in [-0.39, 0.29) is 0 Å². The van der Waals surface area contributed by atoms with Gasteiger partial charge in [0, 0.05) is 44.3 Å². The summed E-state index contributed by atoms with van der Waals surface area (Å²) < 4.78 is 5.77. The van der Waals surface area contributed by atoms with Crippen molar-refractivity contribution in [1.29, 1.82) is 0 Å². The highest BCUT2D eigenvalue weighted by molar-refractivity contribution is 6.31. The van der Waals surface area contributed by atoms with Gasteiger partial charge in [-0.1, -0.05) is 11.6 Å². The fourth-order valence-corrected chi connectivity index (χ4v) is 2.54. The summed E-state index contributed by atoms with van der Waals surface area (Å²) in [6, 6.07) is 6.19. The topological polar surface area (TPSA) is 58.5 Å². The number of aromatic nitrogens is 1. The monoisotopic (exact) mass is 280 g/mol. The van der Waals surface area contributed by atoms with Crippen molar-refractivity contribution in [3.63, 3.8) is 0 Å². The Morgan fingerprint density at radius 1 is 1.26 bits per heavy atom. The summed E-state index contributed by atoms with van der Waals surface area (Å²) in [5.74, 6) is 0. The van der Waals surface area contributed by atoms with Crippen LogP contribution in [0.5, 0.6) is 0 Å². The average molecular weight is 281 g/mol. The van der Waals surface area contributed by atoms with E-state index in [1.54, 1.807) is 0 Å². The smallest absolute Gasteiger partial charge is 0.298 e. The Kier molecular flexibility index (Phi) is 3.59.